The maximum absolute atomic E-state index is 14.4. The number of benzene rings is 2. The lowest BCUT2D eigenvalue weighted by Crippen LogP contribution is -2.45. The van der Waals surface area contributed by atoms with E-state index >= 15 is 0 Å². The van der Waals surface area contributed by atoms with E-state index < -0.39 is 12.0 Å². The average Bonchev–Trinajstić information content (AvgIpc) is 3.67. The largest absolute Gasteiger partial charge is 0.493 e. The molecule has 50 heavy (non-hydrogen) atoms. The zero-order valence-electron chi connectivity index (χ0n) is 30.2. The van der Waals surface area contributed by atoms with E-state index in [4.69, 9.17) is 14.6 Å². The molecular formula is C38H56Cl3FN4O4. The summed E-state index contributed by atoms with van der Waals surface area (Å²) in [5.74, 6) is 1.76. The van der Waals surface area contributed by atoms with Crippen LogP contribution in [0, 0.1) is 17.7 Å². The predicted molar refractivity (Wildman–Crippen MR) is 205 cm³/mol. The number of aryl methyl sites for hydroxylation is 1. The molecule has 1 saturated heterocycles. The van der Waals surface area contributed by atoms with Gasteiger partial charge in [0.15, 0.2) is 11.5 Å². The zero-order chi connectivity index (χ0) is 33.7. The highest BCUT2D eigenvalue weighted by atomic mass is 35.5. The molecule has 4 atom stereocenters. The second-order valence-electron chi connectivity index (χ2n) is 14.0. The number of hydrogen-bond acceptors (Lipinski definition) is 6. The van der Waals surface area contributed by atoms with E-state index in [9.17, 15) is 14.3 Å². The number of piperidine rings is 1. The summed E-state index contributed by atoms with van der Waals surface area (Å²) in [6.07, 6.45) is 5.26. The van der Waals surface area contributed by atoms with E-state index in [-0.39, 0.29) is 55.0 Å². The molecule has 3 aromatic rings. The number of aliphatic carboxylic acids is 1. The van der Waals surface area contributed by atoms with Crippen molar-refractivity contribution in [3.63, 3.8) is 0 Å². The van der Waals surface area contributed by atoms with Crippen LogP contribution in [-0.4, -0.2) is 83.6 Å². The number of likely N-dealkylation sites (tertiary alicyclic amines) is 1. The van der Waals surface area contributed by atoms with Crippen LogP contribution < -0.4 is 9.47 Å². The Hall–Kier alpha value is -2.56. The average molecular weight is 758 g/mol. The smallest absolute Gasteiger partial charge is 0.320 e. The Morgan fingerprint density at radius 2 is 1.72 bits per heavy atom. The van der Waals surface area contributed by atoms with Crippen molar-refractivity contribution in [2.24, 2.45) is 11.8 Å². The minimum Gasteiger partial charge on any atom is -0.493 e. The van der Waals surface area contributed by atoms with E-state index in [0.717, 1.165) is 86.6 Å². The quantitative estimate of drug-likeness (QED) is 0.178. The standard InChI is InChI=1S/C38H53FN4O4.3ClH/c1-7-43-34(22-31(40-43)18-26-11-12-36(46-5)37(19-26)47-6)27-13-15-42(16-14-27)24-29-21-32(41(4)35(38(44)45)17-25(2)3)23-33(29)28-9-8-10-30(39)20-28;;;/h8-12,19-20,22,25,27,29,32-33,35H,7,13-18,21,23-24H2,1-6H3,(H,44,45);3*1H/t29?,32?,33?,35-;;;/m1.../s1. The molecule has 0 amide bonds. The zero-order valence-corrected chi connectivity index (χ0v) is 32.7. The molecule has 2 heterocycles. The van der Waals surface area contributed by atoms with Crippen LogP contribution >= 0.6 is 37.2 Å². The number of carboxylic acid groups (broad SMARTS) is 1. The van der Waals surface area contributed by atoms with Gasteiger partial charge in [-0.3, -0.25) is 14.4 Å². The van der Waals surface area contributed by atoms with E-state index in [1.807, 2.05) is 25.2 Å². The SMILES string of the molecule is CCn1nc(Cc2ccc(OC)c(OC)c2)cc1C1CCN(CC2CC(N(C)[C@H](CC(C)C)C(=O)O)CC2c2cccc(F)c2)CC1.Cl.Cl.Cl. The summed E-state index contributed by atoms with van der Waals surface area (Å²) < 4.78 is 27.5. The summed E-state index contributed by atoms with van der Waals surface area (Å²) in [5.41, 5.74) is 4.54. The molecule has 2 fully saturated rings. The molecule has 1 aromatic heterocycles. The molecule has 0 radical (unpaired) electrons. The molecule has 12 heteroatoms. The Balaban J connectivity index is 0.00000289. The molecule has 3 unspecified atom stereocenters. The third-order valence-corrected chi connectivity index (χ3v) is 10.5. The van der Waals surface area contributed by atoms with Crippen LogP contribution in [0.2, 0.25) is 0 Å². The fourth-order valence-corrected chi connectivity index (χ4v) is 8.02. The van der Waals surface area contributed by atoms with Gasteiger partial charge in [0.2, 0.25) is 0 Å². The van der Waals surface area contributed by atoms with Crippen LogP contribution in [-0.2, 0) is 17.8 Å². The second-order valence-corrected chi connectivity index (χ2v) is 14.0. The highest BCUT2D eigenvalue weighted by Gasteiger charge is 2.41. The first-order chi connectivity index (χ1) is 22.6. The Labute approximate surface area is 316 Å². The molecule has 2 aliphatic rings. The number of ether oxygens (including phenoxy) is 2. The summed E-state index contributed by atoms with van der Waals surface area (Å²) >= 11 is 0. The molecule has 1 saturated carbocycles. The number of rotatable bonds is 14. The summed E-state index contributed by atoms with van der Waals surface area (Å²) in [4.78, 5) is 16.9. The van der Waals surface area contributed by atoms with Gasteiger partial charge >= 0.3 is 5.97 Å². The van der Waals surface area contributed by atoms with Crippen LogP contribution in [0.5, 0.6) is 11.5 Å². The lowest BCUT2D eigenvalue weighted by atomic mass is 9.87. The van der Waals surface area contributed by atoms with E-state index in [1.165, 1.54) is 11.8 Å². The maximum atomic E-state index is 14.4. The Bertz CT molecular complexity index is 1500. The van der Waals surface area contributed by atoms with Gasteiger partial charge in [-0.15, -0.1) is 37.2 Å². The van der Waals surface area contributed by atoms with Crippen molar-refractivity contribution in [1.29, 1.82) is 0 Å². The van der Waals surface area contributed by atoms with Gasteiger partial charge in [-0.1, -0.05) is 32.0 Å². The van der Waals surface area contributed by atoms with Gasteiger partial charge in [-0.2, -0.15) is 5.10 Å². The molecule has 1 aliphatic heterocycles. The van der Waals surface area contributed by atoms with Crippen LogP contribution in [0.3, 0.4) is 0 Å². The monoisotopic (exact) mass is 756 g/mol. The molecule has 1 aliphatic carbocycles. The van der Waals surface area contributed by atoms with Crippen LogP contribution in [0.1, 0.15) is 87.2 Å². The molecule has 2 aromatic carbocycles. The van der Waals surface area contributed by atoms with Gasteiger partial charge in [0.05, 0.1) is 19.9 Å². The third-order valence-electron chi connectivity index (χ3n) is 10.5. The van der Waals surface area contributed by atoms with Gasteiger partial charge in [0.25, 0.3) is 0 Å². The summed E-state index contributed by atoms with van der Waals surface area (Å²) in [6, 6.07) is 15.0. The van der Waals surface area contributed by atoms with Gasteiger partial charge in [0.1, 0.15) is 11.9 Å². The lowest BCUT2D eigenvalue weighted by molar-refractivity contribution is -0.144. The Morgan fingerprint density at radius 3 is 2.32 bits per heavy atom. The molecule has 1 N–H and O–H groups in total. The second kappa shape index (κ2) is 19.9. The maximum Gasteiger partial charge on any atom is 0.320 e. The number of nitrogens with zero attached hydrogens (tertiary/aromatic N) is 4. The highest BCUT2D eigenvalue weighted by molar-refractivity contribution is 5.86. The van der Waals surface area contributed by atoms with Gasteiger partial charge in [-0.05, 0) is 118 Å². The topological polar surface area (TPSA) is 80.1 Å². The van der Waals surface area contributed by atoms with Crippen molar-refractivity contribution in [2.45, 2.75) is 89.8 Å². The fraction of sp³-hybridized carbons (Fsp3) is 0.579. The van der Waals surface area contributed by atoms with Crippen molar-refractivity contribution >= 4 is 43.2 Å². The summed E-state index contributed by atoms with van der Waals surface area (Å²) in [7, 11) is 5.28. The number of hydrogen-bond donors (Lipinski definition) is 1. The third kappa shape index (κ3) is 10.5. The first-order valence-electron chi connectivity index (χ1n) is 17.3. The van der Waals surface area contributed by atoms with Crippen molar-refractivity contribution in [1.82, 2.24) is 19.6 Å². The van der Waals surface area contributed by atoms with E-state index in [2.05, 4.69) is 47.4 Å². The van der Waals surface area contributed by atoms with Gasteiger partial charge in [-0.25, -0.2) is 4.39 Å². The number of carboxylic acids is 1. The fourth-order valence-electron chi connectivity index (χ4n) is 8.02. The van der Waals surface area contributed by atoms with Crippen LogP contribution in [0.4, 0.5) is 4.39 Å². The number of likely N-dealkylation sites (N-methyl/N-ethyl adjacent to an activating group) is 1. The molecule has 5 rings (SSSR count). The Morgan fingerprint density at radius 1 is 1.02 bits per heavy atom. The molecule has 8 nitrogen and oxygen atoms in total. The van der Waals surface area contributed by atoms with Crippen molar-refractivity contribution < 1.29 is 23.8 Å². The van der Waals surface area contributed by atoms with Crippen molar-refractivity contribution in [3.8, 4) is 11.5 Å². The normalized spacial score (nSPS) is 20.1. The minimum atomic E-state index is -0.757. The summed E-state index contributed by atoms with van der Waals surface area (Å²) in [5, 5.41) is 15.0. The van der Waals surface area contributed by atoms with Crippen molar-refractivity contribution in [2.75, 3.05) is 40.9 Å². The van der Waals surface area contributed by atoms with E-state index in [0.29, 0.717) is 24.2 Å². The lowest BCUT2D eigenvalue weighted by Gasteiger charge is -2.35. The molecular weight excluding hydrogens is 702 g/mol. The van der Waals surface area contributed by atoms with Gasteiger partial charge in [0, 0.05) is 37.2 Å². The number of methoxy groups -OCH3 is 2. The number of aromatic nitrogens is 2. The van der Waals surface area contributed by atoms with Crippen LogP contribution in [0.25, 0.3) is 0 Å². The molecule has 280 valence electrons. The molecule has 0 spiro atoms. The Kier molecular flexibility index (Phi) is 17.3. The van der Waals surface area contributed by atoms with Crippen LogP contribution in [0.15, 0.2) is 48.5 Å². The highest BCUT2D eigenvalue weighted by Crippen LogP contribution is 2.44. The van der Waals surface area contributed by atoms with Gasteiger partial charge < -0.3 is 19.5 Å². The first-order valence-corrected chi connectivity index (χ1v) is 17.3. The van der Waals surface area contributed by atoms with E-state index in [1.54, 1.807) is 26.4 Å². The summed E-state index contributed by atoms with van der Waals surface area (Å²) in [6.45, 7) is 10.1. The minimum absolute atomic E-state index is 0. The number of carbonyl (C=O) groups is 1. The predicted octanol–water partition coefficient (Wildman–Crippen LogP) is 8.09. The number of halogens is 4. The van der Waals surface area contributed by atoms with Crippen molar-refractivity contribution in [3.05, 3.63) is 76.9 Å². The first kappa shape index (κ1) is 43.6. The molecule has 0 bridgehead atoms.